The monoisotopic (exact) mass is 349 g/mol. The van der Waals surface area contributed by atoms with Crippen molar-refractivity contribution in [3.63, 3.8) is 0 Å². The van der Waals surface area contributed by atoms with Crippen molar-refractivity contribution in [3.05, 3.63) is 59.9 Å². The number of aromatic nitrogens is 1. The summed E-state index contributed by atoms with van der Waals surface area (Å²) < 4.78 is 0. The summed E-state index contributed by atoms with van der Waals surface area (Å²) in [6, 6.07) is 13.0. The van der Waals surface area contributed by atoms with Gasteiger partial charge in [0, 0.05) is 42.7 Å². The third-order valence-electron chi connectivity index (χ3n) is 3.44. The third kappa shape index (κ3) is 6.65. The van der Waals surface area contributed by atoms with Crippen LogP contribution in [0.4, 0.5) is 5.69 Å². The van der Waals surface area contributed by atoms with Gasteiger partial charge in [-0.05, 0) is 37.3 Å². The van der Waals surface area contributed by atoms with E-state index in [-0.39, 0.29) is 12.5 Å². The number of nitrogens with one attached hydrogen (secondary N) is 3. The molecule has 0 radical (unpaired) electrons. The van der Waals surface area contributed by atoms with Crippen molar-refractivity contribution in [1.82, 2.24) is 15.6 Å². The minimum absolute atomic E-state index is 0.0131. The molecule has 2 aromatic rings. The largest absolute Gasteiger partial charge is 0.357 e. The Balaban J connectivity index is 1.84. The minimum atomic E-state index is -0.207. The maximum atomic E-state index is 12.1. The molecule has 3 N–H and O–H groups in total. The second kappa shape index (κ2) is 10.5. The Morgan fingerprint density at radius 3 is 2.85 bits per heavy atom. The fourth-order valence-electron chi connectivity index (χ4n) is 2.23. The zero-order chi connectivity index (χ0) is 18.6. The summed E-state index contributed by atoms with van der Waals surface area (Å²) in [5.74, 6) is 2.93. The van der Waals surface area contributed by atoms with Gasteiger partial charge in [0.15, 0.2) is 5.96 Å². The van der Waals surface area contributed by atoms with Crippen LogP contribution in [-0.4, -0.2) is 36.5 Å². The number of benzene rings is 1. The molecule has 1 heterocycles. The number of nitrogens with zero attached hydrogens (tertiary/aromatic N) is 2. The van der Waals surface area contributed by atoms with Gasteiger partial charge in [-0.3, -0.25) is 9.78 Å². The summed E-state index contributed by atoms with van der Waals surface area (Å²) in [4.78, 5) is 20.7. The summed E-state index contributed by atoms with van der Waals surface area (Å²) in [5.41, 5.74) is 2.38. The van der Waals surface area contributed by atoms with Gasteiger partial charge in [-0.25, -0.2) is 4.99 Å². The molecular weight excluding hydrogens is 326 g/mol. The number of rotatable bonds is 7. The number of amides is 1. The number of pyridine rings is 1. The van der Waals surface area contributed by atoms with Gasteiger partial charge in [-0.1, -0.05) is 18.1 Å². The van der Waals surface area contributed by atoms with Crippen LogP contribution >= 0.6 is 0 Å². The molecule has 0 fully saturated rings. The van der Waals surface area contributed by atoms with Crippen molar-refractivity contribution in [2.24, 2.45) is 4.99 Å². The lowest BCUT2D eigenvalue weighted by Gasteiger charge is -2.11. The highest BCUT2D eigenvalue weighted by molar-refractivity contribution is 5.94. The van der Waals surface area contributed by atoms with Crippen LogP contribution in [0.3, 0.4) is 0 Å². The van der Waals surface area contributed by atoms with Crippen molar-refractivity contribution in [2.45, 2.75) is 13.3 Å². The summed E-state index contributed by atoms with van der Waals surface area (Å²) in [5, 5.41) is 9.11. The predicted octanol–water partition coefficient (Wildman–Crippen LogP) is 1.80. The number of guanidine groups is 1. The highest BCUT2D eigenvalue weighted by atomic mass is 16.1. The number of anilines is 1. The predicted molar refractivity (Wildman–Crippen MR) is 105 cm³/mol. The van der Waals surface area contributed by atoms with Gasteiger partial charge in [0.25, 0.3) is 0 Å². The van der Waals surface area contributed by atoms with Crippen molar-refractivity contribution in [3.8, 4) is 12.3 Å². The Bertz CT molecular complexity index is 780. The molecule has 1 amide bonds. The van der Waals surface area contributed by atoms with E-state index in [0.29, 0.717) is 24.7 Å². The third-order valence-corrected chi connectivity index (χ3v) is 3.44. The first kappa shape index (κ1) is 19.0. The normalized spacial score (nSPS) is 10.7. The van der Waals surface area contributed by atoms with E-state index >= 15 is 0 Å². The van der Waals surface area contributed by atoms with Crippen molar-refractivity contribution in [2.75, 3.05) is 25.0 Å². The SMILES string of the molecule is C#Cc1cccc(NC(=O)CN=C(NCC)NCCc2ccccn2)c1. The van der Waals surface area contributed by atoms with Gasteiger partial charge in [0.2, 0.25) is 5.91 Å². The van der Waals surface area contributed by atoms with Crippen LogP contribution < -0.4 is 16.0 Å². The fourth-order valence-corrected chi connectivity index (χ4v) is 2.23. The van der Waals surface area contributed by atoms with E-state index in [9.17, 15) is 4.79 Å². The molecule has 0 aliphatic rings. The number of carbonyl (C=O) groups excluding carboxylic acids is 1. The highest BCUT2D eigenvalue weighted by Crippen LogP contribution is 2.09. The average Bonchev–Trinajstić information content (AvgIpc) is 2.67. The second-order valence-electron chi connectivity index (χ2n) is 5.47. The molecule has 0 bridgehead atoms. The van der Waals surface area contributed by atoms with Crippen molar-refractivity contribution >= 4 is 17.6 Å². The number of carbonyl (C=O) groups is 1. The van der Waals surface area contributed by atoms with Gasteiger partial charge in [0.1, 0.15) is 6.54 Å². The molecule has 0 aliphatic carbocycles. The molecule has 26 heavy (non-hydrogen) atoms. The summed E-state index contributed by atoms with van der Waals surface area (Å²) in [7, 11) is 0. The fraction of sp³-hybridized carbons (Fsp3) is 0.250. The molecule has 0 unspecified atom stereocenters. The zero-order valence-corrected chi connectivity index (χ0v) is 14.8. The first-order valence-electron chi connectivity index (χ1n) is 8.50. The van der Waals surface area contributed by atoms with E-state index in [1.807, 2.05) is 31.2 Å². The van der Waals surface area contributed by atoms with E-state index in [4.69, 9.17) is 6.42 Å². The van der Waals surface area contributed by atoms with Gasteiger partial charge in [-0.15, -0.1) is 6.42 Å². The number of terminal acetylenes is 1. The Kier molecular flexibility index (Phi) is 7.69. The minimum Gasteiger partial charge on any atom is -0.357 e. The molecule has 0 atom stereocenters. The van der Waals surface area contributed by atoms with Gasteiger partial charge in [-0.2, -0.15) is 0 Å². The standard InChI is InChI=1S/C20H23N5O/c1-3-16-8-7-10-18(14-16)25-19(26)15-24-20(21-4-2)23-13-11-17-9-5-6-12-22-17/h1,5-10,12,14H,4,11,13,15H2,2H3,(H,25,26)(H2,21,23,24). The smallest absolute Gasteiger partial charge is 0.246 e. The first-order valence-corrected chi connectivity index (χ1v) is 8.50. The molecule has 0 aliphatic heterocycles. The molecule has 0 saturated carbocycles. The van der Waals surface area contributed by atoms with E-state index < -0.39 is 0 Å². The Labute approximate surface area is 154 Å². The number of hydrogen-bond donors (Lipinski definition) is 3. The van der Waals surface area contributed by atoms with E-state index in [1.165, 1.54) is 0 Å². The molecule has 0 saturated heterocycles. The lowest BCUT2D eigenvalue weighted by molar-refractivity contribution is -0.114. The summed E-state index contributed by atoms with van der Waals surface area (Å²) in [6.45, 7) is 3.37. The maximum absolute atomic E-state index is 12.1. The first-order chi connectivity index (χ1) is 12.7. The molecule has 0 spiro atoms. The highest BCUT2D eigenvalue weighted by Gasteiger charge is 2.04. The van der Waals surface area contributed by atoms with Gasteiger partial charge < -0.3 is 16.0 Å². The van der Waals surface area contributed by atoms with Crippen LogP contribution in [0, 0.1) is 12.3 Å². The van der Waals surface area contributed by atoms with Crippen molar-refractivity contribution < 1.29 is 4.79 Å². The Hall–Kier alpha value is -3.33. The molecule has 134 valence electrons. The van der Waals surface area contributed by atoms with Crippen LogP contribution in [0.15, 0.2) is 53.7 Å². The lowest BCUT2D eigenvalue weighted by atomic mass is 10.2. The van der Waals surface area contributed by atoms with Crippen LogP contribution in [0.2, 0.25) is 0 Å². The van der Waals surface area contributed by atoms with E-state index in [1.54, 1.807) is 24.4 Å². The summed E-state index contributed by atoms with van der Waals surface area (Å²) in [6.07, 6.45) is 7.91. The van der Waals surface area contributed by atoms with E-state index in [2.05, 4.69) is 31.8 Å². The maximum Gasteiger partial charge on any atom is 0.246 e. The van der Waals surface area contributed by atoms with Gasteiger partial charge >= 0.3 is 0 Å². The van der Waals surface area contributed by atoms with Crippen LogP contribution in [0.25, 0.3) is 0 Å². The van der Waals surface area contributed by atoms with Crippen LogP contribution in [0.5, 0.6) is 0 Å². The molecular formula is C20H23N5O. The quantitative estimate of drug-likeness (QED) is 0.405. The average molecular weight is 349 g/mol. The van der Waals surface area contributed by atoms with E-state index in [0.717, 1.165) is 17.7 Å². The molecule has 6 nitrogen and oxygen atoms in total. The second-order valence-corrected chi connectivity index (χ2v) is 5.47. The molecule has 2 rings (SSSR count). The topological polar surface area (TPSA) is 78.4 Å². The molecule has 6 heteroatoms. The lowest BCUT2D eigenvalue weighted by Crippen LogP contribution is -2.39. The Morgan fingerprint density at radius 2 is 2.12 bits per heavy atom. The molecule has 1 aromatic heterocycles. The zero-order valence-electron chi connectivity index (χ0n) is 14.8. The summed E-state index contributed by atoms with van der Waals surface area (Å²) >= 11 is 0. The Morgan fingerprint density at radius 1 is 1.23 bits per heavy atom. The molecule has 1 aromatic carbocycles. The van der Waals surface area contributed by atoms with Gasteiger partial charge in [0.05, 0.1) is 0 Å². The van der Waals surface area contributed by atoms with Crippen molar-refractivity contribution in [1.29, 1.82) is 0 Å². The van der Waals surface area contributed by atoms with Crippen LogP contribution in [-0.2, 0) is 11.2 Å². The number of aliphatic imine (C=N–C) groups is 1. The van der Waals surface area contributed by atoms with Crippen LogP contribution in [0.1, 0.15) is 18.2 Å². The number of hydrogen-bond acceptors (Lipinski definition) is 3.